The fourth-order valence-electron chi connectivity index (χ4n) is 2.96. The predicted octanol–water partition coefficient (Wildman–Crippen LogP) is 1.15. The van der Waals surface area contributed by atoms with E-state index in [1.807, 2.05) is 0 Å². The van der Waals surface area contributed by atoms with Gasteiger partial charge in [0.05, 0.1) is 11.8 Å². The first-order chi connectivity index (χ1) is 8.65. The topological polar surface area (TPSA) is 47.9 Å². The van der Waals surface area contributed by atoms with E-state index >= 15 is 0 Å². The lowest BCUT2D eigenvalue weighted by molar-refractivity contribution is 0.231. The molecule has 100 valence electrons. The third kappa shape index (κ3) is 2.49. The average molecular weight is 249 g/mol. The molecule has 1 aliphatic heterocycles. The van der Waals surface area contributed by atoms with Gasteiger partial charge in [-0.1, -0.05) is 13.5 Å². The molecule has 1 saturated carbocycles. The maximum Gasteiger partial charge on any atom is 0.0969 e. The van der Waals surface area contributed by atoms with Crippen molar-refractivity contribution in [2.75, 3.05) is 26.2 Å². The minimum Gasteiger partial charge on any atom is -0.387 e. The van der Waals surface area contributed by atoms with Crippen molar-refractivity contribution in [3.63, 3.8) is 0 Å². The molecular weight excluding hydrogens is 226 g/mol. The van der Waals surface area contributed by atoms with Crippen LogP contribution in [0.3, 0.4) is 0 Å². The van der Waals surface area contributed by atoms with Gasteiger partial charge in [-0.15, -0.1) is 0 Å². The molecule has 1 aliphatic carbocycles. The van der Waals surface area contributed by atoms with Crippen molar-refractivity contribution >= 4 is 5.71 Å². The highest BCUT2D eigenvalue weighted by Crippen LogP contribution is 2.32. The lowest BCUT2D eigenvalue weighted by Gasteiger charge is -2.32. The summed E-state index contributed by atoms with van der Waals surface area (Å²) in [5.41, 5.74) is 3.29. The van der Waals surface area contributed by atoms with Crippen molar-refractivity contribution < 1.29 is 5.11 Å². The highest BCUT2D eigenvalue weighted by Gasteiger charge is 2.34. The van der Waals surface area contributed by atoms with E-state index in [0.717, 1.165) is 38.3 Å². The summed E-state index contributed by atoms with van der Waals surface area (Å²) in [6.45, 7) is 12.1. The number of aliphatic hydroxyl groups is 1. The first kappa shape index (κ1) is 13.3. The Hall–Kier alpha value is -1.13. The monoisotopic (exact) mass is 249 g/mol. The number of piperazine rings is 1. The molecule has 0 amide bonds. The van der Waals surface area contributed by atoms with Gasteiger partial charge in [0.2, 0.25) is 0 Å². The molecule has 2 fully saturated rings. The molecule has 2 atom stereocenters. The smallest absolute Gasteiger partial charge is 0.0969 e. The minimum absolute atomic E-state index is 0.369. The molecule has 4 nitrogen and oxygen atoms in total. The van der Waals surface area contributed by atoms with Crippen molar-refractivity contribution in [2.45, 2.75) is 26.4 Å². The van der Waals surface area contributed by atoms with E-state index in [1.54, 1.807) is 0 Å². The number of nitrogens with zero attached hydrogens (tertiary/aromatic N) is 2. The van der Waals surface area contributed by atoms with E-state index in [4.69, 9.17) is 0 Å². The Bertz CT molecular complexity index is 381. The van der Waals surface area contributed by atoms with Crippen LogP contribution in [-0.4, -0.2) is 48.0 Å². The number of rotatable bonds is 2. The van der Waals surface area contributed by atoms with E-state index in [2.05, 4.69) is 35.6 Å². The lowest BCUT2D eigenvalue weighted by atomic mass is 10.0. The second kappa shape index (κ2) is 5.67. The Kier molecular flexibility index (Phi) is 4.19. The number of nitrogens with one attached hydrogen (secondary N) is 1. The van der Waals surface area contributed by atoms with Crippen molar-refractivity contribution in [1.29, 1.82) is 0 Å². The maximum atomic E-state index is 10.1. The zero-order valence-electron chi connectivity index (χ0n) is 11.3. The third-order valence-corrected chi connectivity index (χ3v) is 3.87. The summed E-state index contributed by atoms with van der Waals surface area (Å²) in [7, 11) is 0. The van der Waals surface area contributed by atoms with Crippen molar-refractivity contribution in [1.82, 2.24) is 10.2 Å². The predicted molar refractivity (Wildman–Crippen MR) is 74.6 cm³/mol. The Balaban J connectivity index is 2.32. The van der Waals surface area contributed by atoms with E-state index in [1.165, 1.54) is 17.5 Å². The molecule has 1 heterocycles. The summed E-state index contributed by atoms with van der Waals surface area (Å²) in [5.74, 6) is 0.369. The summed E-state index contributed by atoms with van der Waals surface area (Å²) in [4.78, 5) is 6.67. The molecule has 4 heteroatoms. The van der Waals surface area contributed by atoms with Gasteiger partial charge in [0.1, 0.15) is 0 Å². The van der Waals surface area contributed by atoms with E-state index in [0.29, 0.717) is 5.92 Å². The van der Waals surface area contributed by atoms with Crippen LogP contribution in [0.4, 0.5) is 0 Å². The van der Waals surface area contributed by atoms with Gasteiger partial charge in [0, 0.05) is 38.1 Å². The first-order valence-electron chi connectivity index (χ1n) is 6.68. The summed E-state index contributed by atoms with van der Waals surface area (Å²) in [5, 5.41) is 13.4. The highest BCUT2D eigenvalue weighted by molar-refractivity contribution is 6.06. The molecule has 0 bridgehead atoms. The van der Waals surface area contributed by atoms with E-state index < -0.39 is 6.10 Å². The minimum atomic E-state index is -0.439. The molecule has 2 N–H and O–H groups in total. The van der Waals surface area contributed by atoms with Crippen LogP contribution in [0.15, 0.2) is 29.0 Å². The third-order valence-electron chi connectivity index (χ3n) is 3.87. The Morgan fingerprint density at radius 3 is 2.78 bits per heavy atom. The van der Waals surface area contributed by atoms with Gasteiger partial charge in [-0.25, -0.2) is 0 Å². The standard InChI is InChI=1S/C14H23N3O/c1-4-16-14-12(18)9-10(2)13(14)11(3)17-7-5-15-6-8-17/h4,10,12,15,18H,1,5-9H2,2-3H3/b13-11+,16-14?. The first-order valence-corrected chi connectivity index (χ1v) is 6.68. The summed E-state index contributed by atoms with van der Waals surface area (Å²) in [6, 6.07) is 0. The zero-order chi connectivity index (χ0) is 13.1. The largest absolute Gasteiger partial charge is 0.387 e. The summed E-state index contributed by atoms with van der Waals surface area (Å²) < 4.78 is 0. The fraction of sp³-hybridized carbons (Fsp3) is 0.643. The van der Waals surface area contributed by atoms with Crippen LogP contribution < -0.4 is 5.32 Å². The van der Waals surface area contributed by atoms with Gasteiger partial charge in [-0.3, -0.25) is 4.99 Å². The number of hydrogen-bond donors (Lipinski definition) is 2. The highest BCUT2D eigenvalue weighted by atomic mass is 16.3. The molecule has 18 heavy (non-hydrogen) atoms. The van der Waals surface area contributed by atoms with E-state index in [9.17, 15) is 5.11 Å². The maximum absolute atomic E-state index is 10.1. The SMILES string of the molecule is C=CN=C1/C(=C(\C)N2CCNCC2)C(C)CC1O. The quantitative estimate of drug-likeness (QED) is 0.772. The number of allylic oxidation sites excluding steroid dienone is 1. The van der Waals surface area contributed by atoms with Crippen LogP contribution in [0.5, 0.6) is 0 Å². The normalized spacial score (nSPS) is 33.9. The van der Waals surface area contributed by atoms with Gasteiger partial charge in [-0.05, 0) is 24.8 Å². The van der Waals surface area contributed by atoms with Gasteiger partial charge in [-0.2, -0.15) is 0 Å². The molecule has 0 aromatic carbocycles. The van der Waals surface area contributed by atoms with Gasteiger partial charge in [0.25, 0.3) is 0 Å². The van der Waals surface area contributed by atoms with Crippen LogP contribution in [0.2, 0.25) is 0 Å². The fourth-order valence-corrected chi connectivity index (χ4v) is 2.96. The van der Waals surface area contributed by atoms with Gasteiger partial charge < -0.3 is 15.3 Å². The number of aliphatic imine (C=N–C) groups is 1. The molecule has 1 saturated heterocycles. The molecule has 2 rings (SSSR count). The van der Waals surface area contributed by atoms with Crippen LogP contribution in [0.25, 0.3) is 0 Å². The number of aliphatic hydroxyl groups excluding tert-OH is 1. The summed E-state index contributed by atoms with van der Waals surface area (Å²) in [6.07, 6.45) is 1.86. The molecule has 0 spiro atoms. The number of hydrogen-bond acceptors (Lipinski definition) is 4. The molecular formula is C14H23N3O. The lowest BCUT2D eigenvalue weighted by Crippen LogP contribution is -2.43. The van der Waals surface area contributed by atoms with Crippen molar-refractivity contribution in [3.8, 4) is 0 Å². The molecule has 2 unspecified atom stereocenters. The molecule has 0 radical (unpaired) electrons. The Morgan fingerprint density at radius 2 is 2.17 bits per heavy atom. The second-order valence-corrected chi connectivity index (χ2v) is 5.09. The average Bonchev–Trinajstić information content (AvgIpc) is 2.65. The molecule has 0 aromatic heterocycles. The van der Waals surface area contributed by atoms with E-state index in [-0.39, 0.29) is 0 Å². The Morgan fingerprint density at radius 1 is 1.50 bits per heavy atom. The van der Waals surface area contributed by atoms with Crippen LogP contribution >= 0.6 is 0 Å². The van der Waals surface area contributed by atoms with Crippen LogP contribution in [0, 0.1) is 5.92 Å². The second-order valence-electron chi connectivity index (χ2n) is 5.09. The van der Waals surface area contributed by atoms with Crippen LogP contribution in [0.1, 0.15) is 20.3 Å². The Labute approximate surface area is 109 Å². The zero-order valence-corrected chi connectivity index (χ0v) is 11.3. The van der Waals surface area contributed by atoms with Crippen molar-refractivity contribution in [2.24, 2.45) is 10.9 Å². The summed E-state index contributed by atoms with van der Waals surface area (Å²) >= 11 is 0. The van der Waals surface area contributed by atoms with Crippen molar-refractivity contribution in [3.05, 3.63) is 24.0 Å². The van der Waals surface area contributed by atoms with Gasteiger partial charge in [0.15, 0.2) is 0 Å². The molecule has 2 aliphatic rings. The van der Waals surface area contributed by atoms with Gasteiger partial charge >= 0.3 is 0 Å². The molecule has 0 aromatic rings. The van der Waals surface area contributed by atoms with Crippen LogP contribution in [-0.2, 0) is 0 Å².